The predicted molar refractivity (Wildman–Crippen MR) is 81.4 cm³/mol. The van der Waals surface area contributed by atoms with Crippen molar-refractivity contribution in [3.63, 3.8) is 0 Å². The lowest BCUT2D eigenvalue weighted by atomic mass is 9.98. The lowest BCUT2D eigenvalue weighted by molar-refractivity contribution is 0.352. The van der Waals surface area contributed by atoms with Crippen molar-refractivity contribution in [1.29, 1.82) is 0 Å². The van der Waals surface area contributed by atoms with E-state index in [1.807, 2.05) is 0 Å². The number of benzene rings is 1. The Balaban J connectivity index is 2.06. The summed E-state index contributed by atoms with van der Waals surface area (Å²) in [6, 6.07) is 6.09. The first-order valence-corrected chi connectivity index (χ1v) is 8.06. The Hall–Kier alpha value is -0.360. The topological polar surface area (TPSA) is 35.2 Å². The van der Waals surface area contributed by atoms with Gasteiger partial charge in [0.05, 0.1) is 16.4 Å². The summed E-state index contributed by atoms with van der Waals surface area (Å²) in [6.07, 6.45) is 0.960. The molecular formula is C13H11Br2NOS. The van der Waals surface area contributed by atoms with Crippen LogP contribution in [0.4, 0.5) is 0 Å². The zero-order chi connectivity index (χ0) is 12.7. The van der Waals surface area contributed by atoms with Crippen LogP contribution in [0.25, 0.3) is 0 Å². The highest BCUT2D eigenvalue weighted by Gasteiger charge is 2.22. The number of halogens is 2. The van der Waals surface area contributed by atoms with Crippen LogP contribution in [-0.4, -0.2) is 6.61 Å². The van der Waals surface area contributed by atoms with E-state index in [0.29, 0.717) is 0 Å². The molecule has 1 aliphatic heterocycles. The van der Waals surface area contributed by atoms with Crippen LogP contribution in [0.1, 0.15) is 22.7 Å². The lowest BCUT2D eigenvalue weighted by Crippen LogP contribution is -2.12. The van der Waals surface area contributed by atoms with Crippen LogP contribution in [-0.2, 0) is 6.42 Å². The maximum Gasteiger partial charge on any atom is 0.127 e. The van der Waals surface area contributed by atoms with Crippen LogP contribution in [0.3, 0.4) is 0 Å². The van der Waals surface area contributed by atoms with Crippen molar-refractivity contribution in [2.45, 2.75) is 12.5 Å². The molecule has 0 aliphatic carbocycles. The third kappa shape index (κ3) is 2.25. The molecule has 1 aliphatic rings. The molecule has 0 bridgehead atoms. The van der Waals surface area contributed by atoms with Gasteiger partial charge in [-0.2, -0.15) is 0 Å². The van der Waals surface area contributed by atoms with E-state index in [-0.39, 0.29) is 6.04 Å². The van der Waals surface area contributed by atoms with Gasteiger partial charge in [0.1, 0.15) is 5.75 Å². The summed E-state index contributed by atoms with van der Waals surface area (Å²) in [5, 5.41) is 2.08. The first-order chi connectivity index (χ1) is 8.65. The van der Waals surface area contributed by atoms with Crippen molar-refractivity contribution in [2.75, 3.05) is 6.61 Å². The molecule has 2 heterocycles. The summed E-state index contributed by atoms with van der Waals surface area (Å²) < 4.78 is 7.88. The second-order valence-corrected chi connectivity index (χ2v) is 7.45. The van der Waals surface area contributed by atoms with Crippen LogP contribution >= 0.6 is 43.2 Å². The minimum Gasteiger partial charge on any atom is -0.493 e. The fourth-order valence-electron chi connectivity index (χ4n) is 2.20. The molecule has 5 heteroatoms. The van der Waals surface area contributed by atoms with Crippen LogP contribution in [0, 0.1) is 0 Å². The molecule has 0 fully saturated rings. The van der Waals surface area contributed by atoms with Crippen molar-refractivity contribution in [3.8, 4) is 5.75 Å². The highest BCUT2D eigenvalue weighted by atomic mass is 79.9. The fraction of sp³-hybridized carbons (Fsp3) is 0.231. The van der Waals surface area contributed by atoms with Crippen molar-refractivity contribution < 1.29 is 4.74 Å². The van der Waals surface area contributed by atoms with Gasteiger partial charge in [-0.25, -0.2) is 0 Å². The van der Waals surface area contributed by atoms with Crippen molar-refractivity contribution in [3.05, 3.63) is 48.5 Å². The molecule has 0 spiro atoms. The van der Waals surface area contributed by atoms with Crippen LogP contribution in [0.15, 0.2) is 31.8 Å². The summed E-state index contributed by atoms with van der Waals surface area (Å²) in [5.74, 6) is 0.966. The standard InChI is InChI=1S/C13H11Br2NOS/c14-9-3-7-1-2-17-13(7)10(5-9)12(16)8-4-11(15)18-6-8/h3-6,12H,1-2,16H2. The second-order valence-electron chi connectivity index (χ2n) is 4.24. The van der Waals surface area contributed by atoms with Crippen LogP contribution < -0.4 is 10.5 Å². The number of hydrogen-bond donors (Lipinski definition) is 1. The fourth-order valence-corrected chi connectivity index (χ4v) is 3.93. The molecule has 0 amide bonds. The minimum absolute atomic E-state index is 0.142. The maximum absolute atomic E-state index is 6.36. The average Bonchev–Trinajstić information content (AvgIpc) is 2.95. The van der Waals surface area contributed by atoms with Crippen molar-refractivity contribution in [1.82, 2.24) is 0 Å². The van der Waals surface area contributed by atoms with E-state index in [2.05, 4.69) is 55.4 Å². The molecule has 18 heavy (non-hydrogen) atoms. The summed E-state index contributed by atoms with van der Waals surface area (Å²) >= 11 is 8.67. The molecule has 0 saturated carbocycles. The van der Waals surface area contributed by atoms with Gasteiger partial charge in [-0.3, -0.25) is 0 Å². The first kappa shape index (κ1) is 12.7. The summed E-state index contributed by atoms with van der Waals surface area (Å²) in [4.78, 5) is 0. The van der Waals surface area contributed by atoms with Crippen molar-refractivity contribution in [2.24, 2.45) is 5.73 Å². The highest BCUT2D eigenvalue weighted by molar-refractivity contribution is 9.11. The Morgan fingerprint density at radius 2 is 2.11 bits per heavy atom. The van der Waals surface area contributed by atoms with Gasteiger partial charge < -0.3 is 10.5 Å². The smallest absolute Gasteiger partial charge is 0.127 e. The summed E-state index contributed by atoms with van der Waals surface area (Å²) in [5.41, 5.74) is 9.77. The molecule has 1 aromatic carbocycles. The number of ether oxygens (including phenoxy) is 1. The zero-order valence-electron chi connectivity index (χ0n) is 9.45. The lowest BCUT2D eigenvalue weighted by Gasteiger charge is -2.15. The third-order valence-corrected chi connectivity index (χ3v) is 5.04. The van der Waals surface area contributed by atoms with Gasteiger partial charge in [-0.05, 0) is 50.6 Å². The normalized spacial score (nSPS) is 15.3. The van der Waals surface area contributed by atoms with Crippen LogP contribution in [0.5, 0.6) is 5.75 Å². The van der Waals surface area contributed by atoms with Crippen LogP contribution in [0.2, 0.25) is 0 Å². The molecule has 2 N–H and O–H groups in total. The largest absolute Gasteiger partial charge is 0.493 e. The molecule has 0 radical (unpaired) electrons. The Morgan fingerprint density at radius 1 is 1.28 bits per heavy atom. The number of fused-ring (bicyclic) bond motifs is 1. The zero-order valence-corrected chi connectivity index (χ0v) is 13.4. The Labute approximate surface area is 126 Å². The van der Waals surface area contributed by atoms with Gasteiger partial charge in [0.25, 0.3) is 0 Å². The molecule has 1 unspecified atom stereocenters. The van der Waals surface area contributed by atoms with Gasteiger partial charge >= 0.3 is 0 Å². The van der Waals surface area contributed by atoms with E-state index in [1.54, 1.807) is 11.3 Å². The van der Waals surface area contributed by atoms with Gasteiger partial charge in [0.2, 0.25) is 0 Å². The number of thiophene rings is 1. The van der Waals surface area contributed by atoms with Gasteiger partial charge in [0.15, 0.2) is 0 Å². The SMILES string of the molecule is NC(c1csc(Br)c1)c1cc(Br)cc2c1OCC2. The number of rotatable bonds is 2. The summed E-state index contributed by atoms with van der Waals surface area (Å²) in [6.45, 7) is 0.749. The monoisotopic (exact) mass is 387 g/mol. The quantitative estimate of drug-likeness (QED) is 0.834. The van der Waals surface area contributed by atoms with E-state index in [4.69, 9.17) is 10.5 Å². The Kier molecular flexibility index (Phi) is 3.49. The minimum atomic E-state index is -0.142. The van der Waals surface area contributed by atoms with E-state index >= 15 is 0 Å². The maximum atomic E-state index is 6.36. The second kappa shape index (κ2) is 4.96. The number of nitrogens with two attached hydrogens (primary N) is 1. The van der Waals surface area contributed by atoms with E-state index < -0.39 is 0 Å². The van der Waals surface area contributed by atoms with Gasteiger partial charge in [-0.1, -0.05) is 15.9 Å². The molecule has 1 atom stereocenters. The van der Waals surface area contributed by atoms with Gasteiger partial charge in [-0.15, -0.1) is 11.3 Å². The number of hydrogen-bond acceptors (Lipinski definition) is 3. The molecular weight excluding hydrogens is 378 g/mol. The Bertz CT molecular complexity index is 597. The molecule has 94 valence electrons. The van der Waals surface area contributed by atoms with E-state index in [1.165, 1.54) is 5.56 Å². The third-order valence-electron chi connectivity index (χ3n) is 3.06. The first-order valence-electron chi connectivity index (χ1n) is 5.60. The van der Waals surface area contributed by atoms with Gasteiger partial charge in [0, 0.05) is 16.5 Å². The van der Waals surface area contributed by atoms with E-state index in [9.17, 15) is 0 Å². The summed E-state index contributed by atoms with van der Waals surface area (Å²) in [7, 11) is 0. The average molecular weight is 389 g/mol. The molecule has 2 nitrogen and oxygen atoms in total. The molecule has 2 aromatic rings. The highest BCUT2D eigenvalue weighted by Crippen LogP contribution is 2.39. The Morgan fingerprint density at radius 3 is 2.83 bits per heavy atom. The predicted octanol–water partition coefficient (Wildman–Crippen LogP) is 4.26. The van der Waals surface area contributed by atoms with Crippen molar-refractivity contribution >= 4 is 43.2 Å². The molecule has 0 saturated heterocycles. The molecule has 3 rings (SSSR count). The molecule has 1 aromatic heterocycles. The van der Waals surface area contributed by atoms with E-state index in [0.717, 1.165) is 38.2 Å².